The van der Waals surface area contributed by atoms with Gasteiger partial charge in [0.1, 0.15) is 17.1 Å². The monoisotopic (exact) mass is 504 g/mol. The van der Waals surface area contributed by atoms with Gasteiger partial charge in [0.2, 0.25) is 0 Å². The fourth-order valence-corrected chi connectivity index (χ4v) is 5.24. The van der Waals surface area contributed by atoms with Gasteiger partial charge in [0.05, 0.1) is 13.2 Å². The Morgan fingerprint density at radius 1 is 1.03 bits per heavy atom. The molecule has 2 aromatic carbocycles. The first kappa shape index (κ1) is 26.9. The molecule has 1 spiro atoms. The number of esters is 1. The number of hydrogen-bond acceptors (Lipinski definition) is 5. The smallest absolute Gasteiger partial charge is 0.349 e. The second kappa shape index (κ2) is 11.5. The number of rotatable bonds is 11. The molecule has 1 aliphatic carbocycles. The lowest BCUT2D eigenvalue weighted by Crippen LogP contribution is -2.40. The summed E-state index contributed by atoms with van der Waals surface area (Å²) in [6, 6.07) is 16.3. The van der Waals surface area contributed by atoms with E-state index < -0.39 is 11.1 Å². The molecule has 1 fully saturated rings. The molecule has 0 atom stereocenters. The van der Waals surface area contributed by atoms with E-state index in [0.717, 1.165) is 68.3 Å². The van der Waals surface area contributed by atoms with Gasteiger partial charge < -0.3 is 9.47 Å². The summed E-state index contributed by atoms with van der Waals surface area (Å²) in [6.45, 7) is 8.29. The summed E-state index contributed by atoms with van der Waals surface area (Å²) in [4.78, 5) is 32.5. The molecule has 2 aliphatic rings. The van der Waals surface area contributed by atoms with Crippen molar-refractivity contribution in [1.82, 2.24) is 4.90 Å². The average molecular weight is 505 g/mol. The lowest BCUT2D eigenvalue weighted by molar-refractivity contribution is -0.158. The van der Waals surface area contributed by atoms with E-state index in [1.165, 1.54) is 5.56 Å². The standard InChI is InChI=1S/C31H40N2O4/c1-5-7-13-27-32-31(18-8-9-19-31)28(34)33(27)22-24-16-14-23(15-17-24)20-25-11-10-12-26(21-25)37-30(3,4)29(35)36-6-2/h10-12,14-17,21H,5-9,13,18-20,22H2,1-4H3. The summed E-state index contributed by atoms with van der Waals surface area (Å²) in [5.74, 6) is 1.43. The third-order valence-electron chi connectivity index (χ3n) is 7.29. The van der Waals surface area contributed by atoms with Gasteiger partial charge in [-0.2, -0.15) is 0 Å². The van der Waals surface area contributed by atoms with Gasteiger partial charge in [-0.25, -0.2) is 4.79 Å². The Bertz CT molecular complexity index is 1130. The zero-order valence-corrected chi connectivity index (χ0v) is 22.7. The van der Waals surface area contributed by atoms with E-state index in [1.54, 1.807) is 20.8 Å². The molecular formula is C31H40N2O4. The van der Waals surface area contributed by atoms with Crippen LogP contribution in [-0.4, -0.2) is 40.4 Å². The van der Waals surface area contributed by atoms with Crippen LogP contribution in [0.3, 0.4) is 0 Å². The topological polar surface area (TPSA) is 68.2 Å². The van der Waals surface area contributed by atoms with Crippen LogP contribution in [0.15, 0.2) is 53.5 Å². The molecule has 0 unspecified atom stereocenters. The Morgan fingerprint density at radius 2 is 1.73 bits per heavy atom. The van der Waals surface area contributed by atoms with E-state index in [4.69, 9.17) is 14.5 Å². The van der Waals surface area contributed by atoms with Gasteiger partial charge in [0.15, 0.2) is 5.60 Å². The molecule has 1 saturated carbocycles. The number of nitrogens with zero attached hydrogens (tertiary/aromatic N) is 2. The van der Waals surface area contributed by atoms with E-state index in [1.807, 2.05) is 23.1 Å². The van der Waals surface area contributed by atoms with Crippen molar-refractivity contribution < 1.29 is 19.1 Å². The molecule has 6 heteroatoms. The molecule has 0 radical (unpaired) electrons. The molecule has 1 heterocycles. The SMILES string of the molecule is CCCCC1=NC2(CCCC2)C(=O)N1Cc1ccc(Cc2cccc(OC(C)(C)C(=O)OCC)c2)cc1. The normalized spacial score (nSPS) is 16.8. The van der Waals surface area contributed by atoms with E-state index in [0.29, 0.717) is 18.9 Å². The van der Waals surface area contributed by atoms with Gasteiger partial charge in [-0.05, 0) is 75.3 Å². The van der Waals surface area contributed by atoms with Crippen LogP contribution in [0.4, 0.5) is 0 Å². The fraction of sp³-hybridized carbons (Fsp3) is 0.516. The quantitative estimate of drug-likeness (QED) is 0.340. The second-order valence-electron chi connectivity index (χ2n) is 10.7. The number of amides is 1. The number of benzene rings is 2. The lowest BCUT2D eigenvalue weighted by Gasteiger charge is -2.24. The molecule has 6 nitrogen and oxygen atoms in total. The van der Waals surface area contributed by atoms with Crippen LogP contribution in [0.25, 0.3) is 0 Å². The highest BCUT2D eigenvalue weighted by atomic mass is 16.6. The molecule has 198 valence electrons. The van der Waals surface area contributed by atoms with E-state index in [9.17, 15) is 9.59 Å². The molecule has 1 amide bonds. The molecule has 1 aliphatic heterocycles. The second-order valence-corrected chi connectivity index (χ2v) is 10.7. The third kappa shape index (κ3) is 6.23. The minimum Gasteiger partial charge on any atom is -0.476 e. The number of carbonyl (C=O) groups excluding carboxylic acids is 2. The first-order valence-corrected chi connectivity index (χ1v) is 13.7. The largest absolute Gasteiger partial charge is 0.476 e. The maximum Gasteiger partial charge on any atom is 0.349 e. The molecule has 0 saturated heterocycles. The van der Waals surface area contributed by atoms with Crippen molar-refractivity contribution in [1.29, 1.82) is 0 Å². The molecule has 0 aromatic heterocycles. The molecule has 4 rings (SSSR count). The highest BCUT2D eigenvalue weighted by molar-refractivity contribution is 6.08. The summed E-state index contributed by atoms with van der Waals surface area (Å²) in [5.41, 5.74) is 1.84. The van der Waals surface area contributed by atoms with Crippen molar-refractivity contribution in [2.24, 2.45) is 4.99 Å². The van der Waals surface area contributed by atoms with Gasteiger partial charge >= 0.3 is 5.97 Å². The Morgan fingerprint density at radius 3 is 2.41 bits per heavy atom. The number of unbranched alkanes of at least 4 members (excludes halogenated alkanes) is 1. The van der Waals surface area contributed by atoms with Crippen molar-refractivity contribution in [3.63, 3.8) is 0 Å². The highest BCUT2D eigenvalue weighted by Gasteiger charge is 2.49. The van der Waals surface area contributed by atoms with Gasteiger partial charge in [-0.1, -0.05) is 62.6 Å². The predicted molar refractivity (Wildman–Crippen MR) is 146 cm³/mol. The summed E-state index contributed by atoms with van der Waals surface area (Å²) >= 11 is 0. The maximum atomic E-state index is 13.4. The number of amidine groups is 1. The first-order valence-electron chi connectivity index (χ1n) is 13.7. The number of ether oxygens (including phenoxy) is 2. The molecular weight excluding hydrogens is 464 g/mol. The lowest BCUT2D eigenvalue weighted by atomic mass is 9.98. The van der Waals surface area contributed by atoms with Gasteiger partial charge in [0, 0.05) is 6.42 Å². The van der Waals surface area contributed by atoms with Crippen molar-refractivity contribution >= 4 is 17.7 Å². The minimum absolute atomic E-state index is 0.197. The van der Waals surface area contributed by atoms with Gasteiger partial charge in [-0.3, -0.25) is 14.7 Å². The van der Waals surface area contributed by atoms with E-state index in [-0.39, 0.29) is 11.9 Å². The third-order valence-corrected chi connectivity index (χ3v) is 7.29. The number of aliphatic imine (C=N–C) groups is 1. The zero-order chi connectivity index (χ0) is 26.5. The van der Waals surface area contributed by atoms with Crippen LogP contribution in [-0.2, 0) is 27.3 Å². The van der Waals surface area contributed by atoms with E-state index >= 15 is 0 Å². The van der Waals surface area contributed by atoms with Crippen LogP contribution < -0.4 is 4.74 Å². The average Bonchev–Trinajstić information content (AvgIpc) is 3.45. The molecule has 2 aromatic rings. The maximum absolute atomic E-state index is 13.4. The van der Waals surface area contributed by atoms with Crippen LogP contribution in [0.1, 0.15) is 89.3 Å². The van der Waals surface area contributed by atoms with E-state index in [2.05, 4.69) is 37.3 Å². The number of carbonyl (C=O) groups is 2. The Balaban J connectivity index is 1.41. The summed E-state index contributed by atoms with van der Waals surface area (Å²) in [5, 5.41) is 0. The van der Waals surface area contributed by atoms with Crippen molar-refractivity contribution in [2.45, 2.75) is 96.7 Å². The summed E-state index contributed by atoms with van der Waals surface area (Å²) < 4.78 is 11.1. The van der Waals surface area contributed by atoms with Crippen LogP contribution >= 0.6 is 0 Å². The predicted octanol–water partition coefficient (Wildman–Crippen LogP) is 6.24. The van der Waals surface area contributed by atoms with Crippen LogP contribution in [0.5, 0.6) is 5.75 Å². The van der Waals surface area contributed by atoms with Gasteiger partial charge in [0.25, 0.3) is 5.91 Å². The minimum atomic E-state index is -1.06. The van der Waals surface area contributed by atoms with Crippen LogP contribution in [0, 0.1) is 0 Å². The van der Waals surface area contributed by atoms with Gasteiger partial charge in [-0.15, -0.1) is 0 Å². The Hall–Kier alpha value is -3.15. The highest BCUT2D eigenvalue weighted by Crippen LogP contribution is 2.40. The van der Waals surface area contributed by atoms with Crippen LogP contribution in [0.2, 0.25) is 0 Å². The van der Waals surface area contributed by atoms with Crippen molar-refractivity contribution in [3.8, 4) is 5.75 Å². The Labute approximate surface area is 221 Å². The summed E-state index contributed by atoms with van der Waals surface area (Å²) in [7, 11) is 0. The molecule has 0 bridgehead atoms. The Kier molecular flexibility index (Phi) is 8.35. The van der Waals surface area contributed by atoms with Crippen molar-refractivity contribution in [3.05, 3.63) is 65.2 Å². The molecule has 37 heavy (non-hydrogen) atoms. The first-order chi connectivity index (χ1) is 17.8. The fourth-order valence-electron chi connectivity index (χ4n) is 5.24. The number of hydrogen-bond donors (Lipinski definition) is 0. The molecule has 0 N–H and O–H groups in total. The zero-order valence-electron chi connectivity index (χ0n) is 22.7. The van der Waals surface area contributed by atoms with Crippen molar-refractivity contribution in [2.75, 3.05) is 6.61 Å². The summed E-state index contributed by atoms with van der Waals surface area (Å²) in [6.07, 6.45) is 7.70.